The van der Waals surface area contributed by atoms with Gasteiger partial charge in [-0.05, 0) is 12.5 Å². The summed E-state index contributed by atoms with van der Waals surface area (Å²) in [5.41, 5.74) is 3.27. The van der Waals surface area contributed by atoms with E-state index in [1.165, 1.54) is 11.1 Å². The molecule has 3 rings (SSSR count). The van der Waals surface area contributed by atoms with Crippen LogP contribution < -0.4 is 10.2 Å². The molecule has 0 radical (unpaired) electrons. The van der Waals surface area contributed by atoms with Crippen LogP contribution in [-0.2, 0) is 18.4 Å². The summed E-state index contributed by atoms with van der Waals surface area (Å²) in [5, 5.41) is 7.49. The third-order valence-corrected chi connectivity index (χ3v) is 4.27. The Morgan fingerprint density at radius 3 is 2.77 bits per heavy atom. The van der Waals surface area contributed by atoms with Crippen molar-refractivity contribution in [2.24, 2.45) is 12.0 Å². The predicted molar refractivity (Wildman–Crippen MR) is 114 cm³/mol. The van der Waals surface area contributed by atoms with Crippen molar-refractivity contribution >= 4 is 41.5 Å². The molecule has 26 heavy (non-hydrogen) atoms. The number of piperazine rings is 1. The smallest absolute Gasteiger partial charge is 0.246 e. The fourth-order valence-electron chi connectivity index (χ4n) is 3.01. The van der Waals surface area contributed by atoms with Gasteiger partial charge in [0.2, 0.25) is 5.91 Å². The Balaban J connectivity index is 0.00000243. The Kier molecular flexibility index (Phi) is 7.01. The molecule has 1 N–H and O–H groups in total. The Bertz CT molecular complexity index is 787. The summed E-state index contributed by atoms with van der Waals surface area (Å²) in [6, 6.07) is 8.35. The number of aryl methyl sites for hydroxylation is 2. The molecule has 1 aliphatic heterocycles. The van der Waals surface area contributed by atoms with Crippen LogP contribution in [0.3, 0.4) is 0 Å². The summed E-state index contributed by atoms with van der Waals surface area (Å²) in [6.07, 6.45) is 3.58. The van der Waals surface area contributed by atoms with Crippen molar-refractivity contribution in [1.82, 2.24) is 20.0 Å². The fraction of sp³-hybridized carbons (Fsp3) is 0.389. The van der Waals surface area contributed by atoms with E-state index in [0.29, 0.717) is 19.6 Å². The number of benzene rings is 1. The summed E-state index contributed by atoms with van der Waals surface area (Å²) in [4.78, 5) is 20.6. The normalized spacial score (nSPS) is 15.0. The molecule has 0 spiro atoms. The second kappa shape index (κ2) is 9.02. The number of aliphatic imine (C=N–C) groups is 1. The number of aromatic nitrogens is 2. The van der Waals surface area contributed by atoms with Gasteiger partial charge in [-0.1, -0.05) is 29.8 Å². The van der Waals surface area contributed by atoms with Crippen LogP contribution in [0.1, 0.15) is 11.1 Å². The number of guanidine groups is 1. The second-order valence-corrected chi connectivity index (χ2v) is 6.23. The first-order valence-corrected chi connectivity index (χ1v) is 8.37. The van der Waals surface area contributed by atoms with Gasteiger partial charge in [0.1, 0.15) is 6.54 Å². The number of rotatable bonds is 3. The first-order valence-electron chi connectivity index (χ1n) is 8.37. The van der Waals surface area contributed by atoms with E-state index in [9.17, 15) is 4.79 Å². The third kappa shape index (κ3) is 4.75. The van der Waals surface area contributed by atoms with Gasteiger partial charge in [0.15, 0.2) is 5.96 Å². The molecule has 1 fully saturated rings. The second-order valence-electron chi connectivity index (χ2n) is 6.23. The van der Waals surface area contributed by atoms with Crippen molar-refractivity contribution in [1.29, 1.82) is 0 Å². The lowest BCUT2D eigenvalue weighted by atomic mass is 10.1. The predicted octanol–water partition coefficient (Wildman–Crippen LogP) is 1.77. The van der Waals surface area contributed by atoms with Crippen molar-refractivity contribution in [3.05, 3.63) is 47.8 Å². The number of nitrogens with zero attached hydrogens (tertiary/aromatic N) is 5. The Hall–Kier alpha value is -2.10. The molecule has 1 aromatic heterocycles. The van der Waals surface area contributed by atoms with E-state index in [0.717, 1.165) is 18.2 Å². The molecule has 2 aromatic rings. The van der Waals surface area contributed by atoms with Crippen molar-refractivity contribution < 1.29 is 4.79 Å². The summed E-state index contributed by atoms with van der Waals surface area (Å²) in [5.74, 6) is 0.804. The first-order chi connectivity index (χ1) is 12.1. The lowest BCUT2D eigenvalue weighted by Gasteiger charge is -2.35. The Morgan fingerprint density at radius 1 is 1.35 bits per heavy atom. The first kappa shape index (κ1) is 20.2. The van der Waals surface area contributed by atoms with Gasteiger partial charge in [0, 0.05) is 39.9 Å². The molecule has 0 saturated carbocycles. The van der Waals surface area contributed by atoms with E-state index in [1.807, 2.05) is 24.2 Å². The van der Waals surface area contributed by atoms with Gasteiger partial charge in [-0.25, -0.2) is 0 Å². The number of carbonyl (C=O) groups excluding carboxylic acids is 1. The maximum atomic E-state index is 12.5. The molecular formula is C18H25IN6O. The molecule has 140 valence electrons. The van der Waals surface area contributed by atoms with Crippen LogP contribution in [0.2, 0.25) is 0 Å². The minimum Gasteiger partial charge on any atom is -0.352 e. The number of nitrogens with one attached hydrogen (secondary N) is 1. The lowest BCUT2D eigenvalue weighted by Crippen LogP contribution is -2.55. The molecule has 1 amide bonds. The minimum atomic E-state index is 0. The van der Waals surface area contributed by atoms with Gasteiger partial charge in [-0.2, -0.15) is 5.10 Å². The van der Waals surface area contributed by atoms with E-state index in [4.69, 9.17) is 0 Å². The van der Waals surface area contributed by atoms with Crippen LogP contribution in [0.25, 0.3) is 0 Å². The Labute approximate surface area is 171 Å². The van der Waals surface area contributed by atoms with E-state index in [1.54, 1.807) is 22.8 Å². The largest absolute Gasteiger partial charge is 0.352 e. The van der Waals surface area contributed by atoms with Crippen LogP contribution in [0.4, 0.5) is 5.69 Å². The highest BCUT2D eigenvalue weighted by Crippen LogP contribution is 2.16. The highest BCUT2D eigenvalue weighted by Gasteiger charge is 2.27. The zero-order chi connectivity index (χ0) is 17.8. The lowest BCUT2D eigenvalue weighted by molar-refractivity contribution is -0.120. The summed E-state index contributed by atoms with van der Waals surface area (Å²) < 4.78 is 1.71. The standard InChI is InChI=1S/C18H24N6O.HI/c1-14-5-4-6-15(9-14)10-20-18(19-2)23-7-8-24(17(25)13-23)16-11-21-22(3)12-16;/h4-6,9,11-12H,7-8,10,13H2,1-3H3,(H,19,20);1H. The number of hydrogen-bond acceptors (Lipinski definition) is 3. The van der Waals surface area contributed by atoms with Crippen molar-refractivity contribution in [3.8, 4) is 0 Å². The molecular weight excluding hydrogens is 443 g/mol. The monoisotopic (exact) mass is 468 g/mol. The average molecular weight is 468 g/mol. The van der Waals surface area contributed by atoms with E-state index in [2.05, 4.69) is 40.5 Å². The highest BCUT2D eigenvalue weighted by atomic mass is 127. The van der Waals surface area contributed by atoms with Crippen LogP contribution in [-0.4, -0.2) is 53.2 Å². The summed E-state index contributed by atoms with van der Waals surface area (Å²) >= 11 is 0. The van der Waals surface area contributed by atoms with Crippen LogP contribution >= 0.6 is 24.0 Å². The zero-order valence-corrected chi connectivity index (χ0v) is 17.7. The molecule has 8 heteroatoms. The van der Waals surface area contributed by atoms with Crippen molar-refractivity contribution in [3.63, 3.8) is 0 Å². The highest BCUT2D eigenvalue weighted by molar-refractivity contribution is 14.0. The number of halogens is 1. The van der Waals surface area contributed by atoms with E-state index in [-0.39, 0.29) is 29.9 Å². The summed E-state index contributed by atoms with van der Waals surface area (Å²) in [6.45, 7) is 4.42. The molecule has 1 aliphatic rings. The number of carbonyl (C=O) groups is 1. The van der Waals surface area contributed by atoms with Crippen LogP contribution in [0, 0.1) is 6.92 Å². The van der Waals surface area contributed by atoms with Gasteiger partial charge in [-0.3, -0.25) is 14.5 Å². The van der Waals surface area contributed by atoms with Gasteiger partial charge < -0.3 is 15.1 Å². The molecule has 0 atom stereocenters. The molecule has 1 saturated heterocycles. The molecule has 0 aliphatic carbocycles. The molecule has 0 bridgehead atoms. The molecule has 7 nitrogen and oxygen atoms in total. The molecule has 0 unspecified atom stereocenters. The zero-order valence-electron chi connectivity index (χ0n) is 15.3. The average Bonchev–Trinajstić information content (AvgIpc) is 3.02. The molecule has 1 aromatic carbocycles. The maximum Gasteiger partial charge on any atom is 0.246 e. The van der Waals surface area contributed by atoms with Crippen molar-refractivity contribution in [2.75, 3.05) is 31.6 Å². The van der Waals surface area contributed by atoms with Gasteiger partial charge >= 0.3 is 0 Å². The van der Waals surface area contributed by atoms with Gasteiger partial charge in [-0.15, -0.1) is 24.0 Å². The summed E-state index contributed by atoms with van der Waals surface area (Å²) in [7, 11) is 3.60. The van der Waals surface area contributed by atoms with E-state index >= 15 is 0 Å². The SMILES string of the molecule is CN=C(NCc1cccc(C)c1)N1CCN(c2cnn(C)c2)C(=O)C1.I. The quantitative estimate of drug-likeness (QED) is 0.424. The molecule has 2 heterocycles. The number of anilines is 1. The Morgan fingerprint density at radius 2 is 2.15 bits per heavy atom. The minimum absolute atomic E-state index is 0. The van der Waals surface area contributed by atoms with Crippen molar-refractivity contribution in [2.45, 2.75) is 13.5 Å². The van der Waals surface area contributed by atoms with Gasteiger partial charge in [0.25, 0.3) is 0 Å². The number of hydrogen-bond donors (Lipinski definition) is 1. The van der Waals surface area contributed by atoms with E-state index < -0.39 is 0 Å². The third-order valence-electron chi connectivity index (χ3n) is 4.27. The van der Waals surface area contributed by atoms with Crippen LogP contribution in [0.5, 0.6) is 0 Å². The topological polar surface area (TPSA) is 65.8 Å². The van der Waals surface area contributed by atoms with Crippen LogP contribution in [0.15, 0.2) is 41.7 Å². The fourth-order valence-corrected chi connectivity index (χ4v) is 3.01. The number of amides is 1. The maximum absolute atomic E-state index is 12.5. The van der Waals surface area contributed by atoms with Gasteiger partial charge in [0.05, 0.1) is 11.9 Å².